The van der Waals surface area contributed by atoms with Gasteiger partial charge in [-0.2, -0.15) is 0 Å². The number of carbonyl (C=O) groups is 1. The summed E-state index contributed by atoms with van der Waals surface area (Å²) in [5.41, 5.74) is 0. The summed E-state index contributed by atoms with van der Waals surface area (Å²) in [7, 11) is 0. The van der Waals surface area contributed by atoms with Gasteiger partial charge in [0.1, 0.15) is 5.75 Å². The molecule has 2 atom stereocenters. The quantitative estimate of drug-likeness (QED) is 0.851. The van der Waals surface area contributed by atoms with Gasteiger partial charge in [0, 0.05) is 0 Å². The molecule has 0 saturated heterocycles. The van der Waals surface area contributed by atoms with Crippen molar-refractivity contribution in [1.82, 2.24) is 0 Å². The number of rotatable bonds is 3. The summed E-state index contributed by atoms with van der Waals surface area (Å²) < 4.78 is 5.77. The highest BCUT2D eigenvalue weighted by Crippen LogP contribution is 2.27. The van der Waals surface area contributed by atoms with E-state index in [9.17, 15) is 4.79 Å². The van der Waals surface area contributed by atoms with Crippen LogP contribution in [0.3, 0.4) is 0 Å². The number of carboxylic acids is 1. The van der Waals surface area contributed by atoms with E-state index in [4.69, 9.17) is 9.84 Å². The first-order valence-electron chi connectivity index (χ1n) is 5.70. The fraction of sp³-hybridized carbons (Fsp3) is 0.462. The average molecular weight is 220 g/mol. The normalized spacial score (nSPS) is 25.0. The molecule has 0 amide bonds. The molecule has 1 saturated carbocycles. The Morgan fingerprint density at radius 3 is 2.69 bits per heavy atom. The number of para-hydroxylation sites is 1. The van der Waals surface area contributed by atoms with Crippen molar-refractivity contribution in [3.63, 3.8) is 0 Å². The second kappa shape index (κ2) is 5.01. The van der Waals surface area contributed by atoms with Gasteiger partial charge in [-0.3, -0.25) is 4.79 Å². The van der Waals surface area contributed by atoms with E-state index in [-0.39, 0.29) is 12.0 Å². The third-order valence-corrected chi connectivity index (χ3v) is 3.02. The lowest BCUT2D eigenvalue weighted by atomic mass is 9.87. The minimum atomic E-state index is -0.693. The second-order valence-corrected chi connectivity index (χ2v) is 4.25. The van der Waals surface area contributed by atoms with Crippen molar-refractivity contribution < 1.29 is 14.6 Å². The fourth-order valence-electron chi connectivity index (χ4n) is 2.17. The number of hydrogen-bond acceptors (Lipinski definition) is 2. The molecule has 0 bridgehead atoms. The summed E-state index contributed by atoms with van der Waals surface area (Å²) in [6.45, 7) is 0. The number of carboxylic acid groups (broad SMARTS) is 1. The molecule has 1 N–H and O–H groups in total. The van der Waals surface area contributed by atoms with Crippen molar-refractivity contribution in [3.8, 4) is 5.75 Å². The van der Waals surface area contributed by atoms with Crippen LogP contribution in [0.25, 0.3) is 0 Å². The van der Waals surface area contributed by atoms with Gasteiger partial charge in [-0.1, -0.05) is 18.2 Å². The number of ether oxygens (including phenoxy) is 1. The zero-order valence-electron chi connectivity index (χ0n) is 9.13. The summed E-state index contributed by atoms with van der Waals surface area (Å²) in [5.74, 6) is -0.0950. The van der Waals surface area contributed by atoms with Gasteiger partial charge in [0.2, 0.25) is 0 Å². The molecule has 16 heavy (non-hydrogen) atoms. The Hall–Kier alpha value is -1.51. The van der Waals surface area contributed by atoms with Crippen LogP contribution < -0.4 is 4.74 Å². The molecule has 1 aromatic carbocycles. The zero-order valence-corrected chi connectivity index (χ0v) is 9.13. The van der Waals surface area contributed by atoms with Crippen LogP contribution in [0.4, 0.5) is 0 Å². The molecule has 86 valence electrons. The first-order chi connectivity index (χ1) is 7.75. The van der Waals surface area contributed by atoms with Gasteiger partial charge in [0.05, 0.1) is 12.0 Å². The molecular weight excluding hydrogens is 204 g/mol. The van der Waals surface area contributed by atoms with E-state index < -0.39 is 5.97 Å². The van der Waals surface area contributed by atoms with Gasteiger partial charge in [-0.05, 0) is 37.8 Å². The Balaban J connectivity index is 1.93. The van der Waals surface area contributed by atoms with Gasteiger partial charge >= 0.3 is 5.97 Å². The van der Waals surface area contributed by atoms with Crippen LogP contribution in [-0.4, -0.2) is 17.2 Å². The summed E-state index contributed by atoms with van der Waals surface area (Å²) in [6, 6.07) is 9.60. The smallest absolute Gasteiger partial charge is 0.306 e. The highest BCUT2D eigenvalue weighted by molar-refractivity contribution is 5.70. The monoisotopic (exact) mass is 220 g/mol. The van der Waals surface area contributed by atoms with Crippen LogP contribution in [0.2, 0.25) is 0 Å². The van der Waals surface area contributed by atoms with Crippen LogP contribution in [0, 0.1) is 5.92 Å². The van der Waals surface area contributed by atoms with E-state index >= 15 is 0 Å². The van der Waals surface area contributed by atoms with E-state index in [2.05, 4.69) is 0 Å². The van der Waals surface area contributed by atoms with E-state index in [1.807, 2.05) is 30.3 Å². The molecule has 3 nitrogen and oxygen atoms in total. The molecule has 2 rings (SSSR count). The van der Waals surface area contributed by atoms with Crippen molar-refractivity contribution in [3.05, 3.63) is 30.3 Å². The molecule has 0 spiro atoms. The predicted octanol–water partition coefficient (Wildman–Crippen LogP) is 2.71. The maximum Gasteiger partial charge on any atom is 0.306 e. The van der Waals surface area contributed by atoms with Crippen molar-refractivity contribution >= 4 is 5.97 Å². The zero-order chi connectivity index (χ0) is 11.4. The SMILES string of the molecule is O=C(O)C1CCCC(Oc2ccccc2)C1. The molecule has 0 radical (unpaired) electrons. The van der Waals surface area contributed by atoms with E-state index in [1.165, 1.54) is 0 Å². The Labute approximate surface area is 95.0 Å². The molecule has 1 aromatic rings. The largest absolute Gasteiger partial charge is 0.490 e. The third-order valence-electron chi connectivity index (χ3n) is 3.02. The standard InChI is InChI=1S/C13H16O3/c14-13(15)10-5-4-8-12(9-10)16-11-6-2-1-3-7-11/h1-3,6-7,10,12H,4-5,8-9H2,(H,14,15). The third kappa shape index (κ3) is 2.75. The molecule has 2 unspecified atom stereocenters. The van der Waals surface area contributed by atoms with Crippen molar-refractivity contribution in [2.75, 3.05) is 0 Å². The maximum absolute atomic E-state index is 10.9. The minimum Gasteiger partial charge on any atom is -0.490 e. The lowest BCUT2D eigenvalue weighted by molar-refractivity contribution is -0.143. The van der Waals surface area contributed by atoms with Crippen molar-refractivity contribution in [2.45, 2.75) is 31.8 Å². The molecule has 0 aromatic heterocycles. The molecule has 3 heteroatoms. The molecule has 1 aliphatic rings. The van der Waals surface area contributed by atoms with Gasteiger partial charge in [-0.25, -0.2) is 0 Å². The first kappa shape index (κ1) is 11.0. The molecule has 0 heterocycles. The highest BCUT2D eigenvalue weighted by atomic mass is 16.5. The van der Waals surface area contributed by atoms with Gasteiger partial charge in [0.15, 0.2) is 0 Å². The van der Waals surface area contributed by atoms with Gasteiger partial charge in [-0.15, -0.1) is 0 Å². The lowest BCUT2D eigenvalue weighted by Gasteiger charge is -2.27. The number of aliphatic carboxylic acids is 1. The fourth-order valence-corrected chi connectivity index (χ4v) is 2.17. The van der Waals surface area contributed by atoms with Crippen LogP contribution in [-0.2, 0) is 4.79 Å². The summed E-state index contributed by atoms with van der Waals surface area (Å²) in [5, 5.41) is 8.97. The van der Waals surface area contributed by atoms with E-state index in [0.717, 1.165) is 25.0 Å². The van der Waals surface area contributed by atoms with Crippen molar-refractivity contribution in [1.29, 1.82) is 0 Å². The van der Waals surface area contributed by atoms with E-state index in [0.29, 0.717) is 6.42 Å². The Morgan fingerprint density at radius 1 is 1.25 bits per heavy atom. The van der Waals surface area contributed by atoms with Gasteiger partial charge < -0.3 is 9.84 Å². The maximum atomic E-state index is 10.9. The molecule has 1 fully saturated rings. The van der Waals surface area contributed by atoms with Crippen LogP contribution in [0.1, 0.15) is 25.7 Å². The van der Waals surface area contributed by atoms with Crippen LogP contribution >= 0.6 is 0 Å². The summed E-state index contributed by atoms with van der Waals surface area (Å²) >= 11 is 0. The minimum absolute atomic E-state index is 0.0530. The molecule has 1 aliphatic carbocycles. The Morgan fingerprint density at radius 2 is 2.00 bits per heavy atom. The molecular formula is C13H16O3. The van der Waals surface area contributed by atoms with Crippen LogP contribution in [0.15, 0.2) is 30.3 Å². The lowest BCUT2D eigenvalue weighted by Crippen LogP contribution is -2.29. The summed E-state index contributed by atoms with van der Waals surface area (Å²) in [4.78, 5) is 10.9. The van der Waals surface area contributed by atoms with E-state index in [1.54, 1.807) is 0 Å². The Bertz CT molecular complexity index is 347. The second-order valence-electron chi connectivity index (χ2n) is 4.25. The van der Waals surface area contributed by atoms with Crippen molar-refractivity contribution in [2.24, 2.45) is 5.92 Å². The van der Waals surface area contributed by atoms with Crippen LogP contribution in [0.5, 0.6) is 5.75 Å². The molecule has 0 aliphatic heterocycles. The average Bonchev–Trinajstić information content (AvgIpc) is 2.30. The number of hydrogen-bond donors (Lipinski definition) is 1. The summed E-state index contributed by atoms with van der Waals surface area (Å²) in [6.07, 6.45) is 3.36. The number of benzene rings is 1. The first-order valence-corrected chi connectivity index (χ1v) is 5.70. The Kier molecular flexibility index (Phi) is 3.44. The topological polar surface area (TPSA) is 46.5 Å². The predicted molar refractivity (Wildman–Crippen MR) is 60.5 cm³/mol. The highest BCUT2D eigenvalue weighted by Gasteiger charge is 2.27. The van der Waals surface area contributed by atoms with Gasteiger partial charge in [0.25, 0.3) is 0 Å².